The first kappa shape index (κ1) is 17.9. The number of carbonyl (C=O) groups is 2. The van der Waals surface area contributed by atoms with Crippen LogP contribution in [0.25, 0.3) is 0 Å². The third kappa shape index (κ3) is 5.92. The van der Waals surface area contributed by atoms with Crippen LogP contribution in [0.2, 0.25) is 0 Å². The standard InChI is InChI=1S/C14H14BrN3O3S2/c1-21-13(20)6-11(9-3-2-4-10(15)5-9)17-12(19)7-22-14-18-16-8-23-14/h2-5,8,11H,6-7H2,1H3,(H,17,19). The number of hydrogen-bond donors (Lipinski definition) is 1. The number of halogens is 1. The molecule has 122 valence electrons. The molecule has 0 bridgehead atoms. The van der Waals surface area contributed by atoms with Gasteiger partial charge >= 0.3 is 5.97 Å². The zero-order valence-electron chi connectivity index (χ0n) is 12.2. The largest absolute Gasteiger partial charge is 0.469 e. The summed E-state index contributed by atoms with van der Waals surface area (Å²) in [6.45, 7) is 0. The topological polar surface area (TPSA) is 81.2 Å². The first-order chi connectivity index (χ1) is 11.1. The predicted octanol–water partition coefficient (Wildman–Crippen LogP) is 2.81. The van der Waals surface area contributed by atoms with E-state index < -0.39 is 6.04 Å². The number of nitrogens with one attached hydrogen (secondary N) is 1. The lowest BCUT2D eigenvalue weighted by atomic mass is 10.0. The minimum absolute atomic E-state index is 0.0716. The number of rotatable bonds is 7. The number of ether oxygens (including phenoxy) is 1. The van der Waals surface area contributed by atoms with Gasteiger partial charge in [0, 0.05) is 4.47 Å². The Balaban J connectivity index is 2.01. The van der Waals surface area contributed by atoms with Crippen molar-refractivity contribution >= 4 is 50.9 Å². The average Bonchev–Trinajstić information content (AvgIpc) is 3.05. The number of nitrogens with zero attached hydrogens (tertiary/aromatic N) is 2. The quantitative estimate of drug-likeness (QED) is 0.552. The van der Waals surface area contributed by atoms with Crippen LogP contribution >= 0.6 is 39.0 Å². The minimum Gasteiger partial charge on any atom is -0.469 e. The summed E-state index contributed by atoms with van der Waals surface area (Å²) in [6.07, 6.45) is 0.0716. The van der Waals surface area contributed by atoms with Gasteiger partial charge in [-0.3, -0.25) is 9.59 Å². The van der Waals surface area contributed by atoms with Crippen molar-refractivity contribution in [3.8, 4) is 0 Å². The lowest BCUT2D eigenvalue weighted by Crippen LogP contribution is -2.31. The van der Waals surface area contributed by atoms with E-state index in [0.29, 0.717) is 0 Å². The molecule has 1 heterocycles. The Kier molecular flexibility index (Phi) is 7.00. The highest BCUT2D eigenvalue weighted by Gasteiger charge is 2.19. The van der Waals surface area contributed by atoms with Crippen molar-refractivity contribution in [3.05, 3.63) is 39.8 Å². The molecule has 0 saturated carbocycles. The summed E-state index contributed by atoms with van der Waals surface area (Å²) in [4.78, 5) is 23.7. The number of carbonyl (C=O) groups excluding carboxylic acids is 2. The third-order valence-corrected chi connectivity index (χ3v) is 5.21. The zero-order valence-corrected chi connectivity index (χ0v) is 15.4. The van der Waals surface area contributed by atoms with Crippen LogP contribution in [0.3, 0.4) is 0 Å². The van der Waals surface area contributed by atoms with Crippen LogP contribution in [0, 0.1) is 0 Å². The molecular weight excluding hydrogens is 402 g/mol. The van der Waals surface area contributed by atoms with Gasteiger partial charge in [0.1, 0.15) is 5.51 Å². The zero-order chi connectivity index (χ0) is 16.7. The van der Waals surface area contributed by atoms with Gasteiger partial charge in [0.2, 0.25) is 5.91 Å². The maximum Gasteiger partial charge on any atom is 0.307 e. The van der Waals surface area contributed by atoms with E-state index in [-0.39, 0.29) is 24.1 Å². The Morgan fingerprint density at radius 3 is 2.96 bits per heavy atom. The van der Waals surface area contributed by atoms with E-state index in [1.165, 1.54) is 30.2 Å². The van der Waals surface area contributed by atoms with Crippen LogP contribution in [-0.4, -0.2) is 34.9 Å². The Morgan fingerprint density at radius 2 is 2.30 bits per heavy atom. The summed E-state index contributed by atoms with van der Waals surface area (Å²) in [6, 6.07) is 7.02. The number of methoxy groups -OCH3 is 1. The highest BCUT2D eigenvalue weighted by Crippen LogP contribution is 2.23. The van der Waals surface area contributed by atoms with E-state index in [1.807, 2.05) is 24.3 Å². The fourth-order valence-corrected chi connectivity index (χ4v) is 3.53. The fourth-order valence-electron chi connectivity index (χ4n) is 1.81. The molecule has 1 unspecified atom stereocenters. The van der Waals surface area contributed by atoms with E-state index in [0.717, 1.165) is 14.4 Å². The maximum atomic E-state index is 12.1. The molecule has 2 aromatic rings. The van der Waals surface area contributed by atoms with Crippen molar-refractivity contribution in [1.29, 1.82) is 0 Å². The first-order valence-electron chi connectivity index (χ1n) is 6.59. The summed E-state index contributed by atoms with van der Waals surface area (Å²) in [7, 11) is 1.33. The van der Waals surface area contributed by atoms with Gasteiger partial charge in [0.25, 0.3) is 0 Å². The van der Waals surface area contributed by atoms with Crippen molar-refractivity contribution < 1.29 is 14.3 Å². The number of aromatic nitrogens is 2. The molecule has 2 rings (SSSR count). The van der Waals surface area contributed by atoms with E-state index >= 15 is 0 Å². The van der Waals surface area contributed by atoms with Crippen LogP contribution < -0.4 is 5.32 Å². The molecule has 23 heavy (non-hydrogen) atoms. The molecule has 0 saturated heterocycles. The first-order valence-corrected chi connectivity index (χ1v) is 9.25. The molecule has 0 aliphatic rings. The molecule has 1 N–H and O–H groups in total. The molecule has 1 atom stereocenters. The van der Waals surface area contributed by atoms with Crippen molar-refractivity contribution in [2.45, 2.75) is 16.8 Å². The second kappa shape index (κ2) is 8.99. The van der Waals surface area contributed by atoms with Gasteiger partial charge in [-0.1, -0.05) is 51.2 Å². The van der Waals surface area contributed by atoms with Crippen molar-refractivity contribution in [2.75, 3.05) is 12.9 Å². The van der Waals surface area contributed by atoms with E-state index in [2.05, 4.69) is 31.4 Å². The molecular formula is C14H14BrN3O3S2. The van der Waals surface area contributed by atoms with Crippen molar-refractivity contribution in [3.63, 3.8) is 0 Å². The minimum atomic E-state index is -0.442. The van der Waals surface area contributed by atoms with Gasteiger partial charge in [-0.15, -0.1) is 10.2 Å². The summed E-state index contributed by atoms with van der Waals surface area (Å²) in [5.74, 6) is -0.355. The van der Waals surface area contributed by atoms with Gasteiger partial charge in [-0.2, -0.15) is 0 Å². The second-order valence-electron chi connectivity index (χ2n) is 4.45. The summed E-state index contributed by atoms with van der Waals surface area (Å²) in [5, 5.41) is 10.5. The number of benzene rings is 1. The summed E-state index contributed by atoms with van der Waals surface area (Å²) < 4.78 is 6.32. The van der Waals surface area contributed by atoms with Crippen molar-refractivity contribution in [2.24, 2.45) is 0 Å². The molecule has 1 aromatic heterocycles. The summed E-state index contributed by atoms with van der Waals surface area (Å²) in [5.41, 5.74) is 2.45. The second-order valence-corrected chi connectivity index (χ2v) is 7.42. The van der Waals surface area contributed by atoms with Crippen LogP contribution in [-0.2, 0) is 14.3 Å². The van der Waals surface area contributed by atoms with Crippen LogP contribution in [0.4, 0.5) is 0 Å². The monoisotopic (exact) mass is 415 g/mol. The molecule has 1 amide bonds. The fraction of sp³-hybridized carbons (Fsp3) is 0.286. The Hall–Kier alpha value is -1.45. The third-order valence-electron chi connectivity index (χ3n) is 2.85. The van der Waals surface area contributed by atoms with Crippen LogP contribution in [0.5, 0.6) is 0 Å². The predicted molar refractivity (Wildman–Crippen MR) is 92.3 cm³/mol. The van der Waals surface area contributed by atoms with Crippen molar-refractivity contribution in [1.82, 2.24) is 15.5 Å². The van der Waals surface area contributed by atoms with Gasteiger partial charge in [0.05, 0.1) is 25.3 Å². The van der Waals surface area contributed by atoms with Crippen LogP contribution in [0.1, 0.15) is 18.0 Å². The van der Waals surface area contributed by atoms with Gasteiger partial charge in [-0.05, 0) is 17.7 Å². The number of esters is 1. The molecule has 9 heteroatoms. The molecule has 0 aliphatic heterocycles. The average molecular weight is 416 g/mol. The molecule has 6 nitrogen and oxygen atoms in total. The lowest BCUT2D eigenvalue weighted by molar-refractivity contribution is -0.141. The van der Waals surface area contributed by atoms with E-state index in [1.54, 1.807) is 5.51 Å². The Morgan fingerprint density at radius 1 is 1.48 bits per heavy atom. The Labute approximate surface area is 150 Å². The maximum absolute atomic E-state index is 12.1. The molecule has 1 aromatic carbocycles. The van der Waals surface area contributed by atoms with Gasteiger partial charge in [0.15, 0.2) is 4.34 Å². The van der Waals surface area contributed by atoms with E-state index in [9.17, 15) is 9.59 Å². The smallest absolute Gasteiger partial charge is 0.307 e. The molecule has 0 aliphatic carbocycles. The van der Waals surface area contributed by atoms with Crippen LogP contribution in [0.15, 0.2) is 38.6 Å². The summed E-state index contributed by atoms with van der Waals surface area (Å²) >= 11 is 6.07. The highest BCUT2D eigenvalue weighted by molar-refractivity contribution is 9.10. The molecule has 0 fully saturated rings. The van der Waals surface area contributed by atoms with E-state index in [4.69, 9.17) is 4.74 Å². The highest BCUT2D eigenvalue weighted by atomic mass is 79.9. The number of hydrogen-bond acceptors (Lipinski definition) is 7. The normalized spacial score (nSPS) is 11.7. The number of amides is 1. The van der Waals surface area contributed by atoms with Gasteiger partial charge in [-0.25, -0.2) is 0 Å². The molecule has 0 radical (unpaired) electrons. The lowest BCUT2D eigenvalue weighted by Gasteiger charge is -2.18. The molecule has 0 spiro atoms. The van der Waals surface area contributed by atoms with Gasteiger partial charge < -0.3 is 10.1 Å². The number of thioether (sulfide) groups is 1. The SMILES string of the molecule is COC(=O)CC(NC(=O)CSc1nncs1)c1cccc(Br)c1. The Bertz CT molecular complexity index is 667.